The lowest BCUT2D eigenvalue weighted by molar-refractivity contribution is -0.116. The standard InChI is InChI=1S/C11H15ClN2O/c1-8-3-4-10(9(12)7-8)14-11(15)5-6-13-2/h3-4,7,13H,5-6H2,1-2H3,(H,14,15). The second-order valence-electron chi connectivity index (χ2n) is 3.39. The molecule has 82 valence electrons. The topological polar surface area (TPSA) is 41.1 Å². The predicted molar refractivity (Wildman–Crippen MR) is 63.4 cm³/mol. The molecular weight excluding hydrogens is 212 g/mol. The maximum atomic E-state index is 11.4. The molecule has 1 rings (SSSR count). The highest BCUT2D eigenvalue weighted by molar-refractivity contribution is 6.33. The summed E-state index contributed by atoms with van der Waals surface area (Å²) in [6.07, 6.45) is 0.445. The van der Waals surface area contributed by atoms with Gasteiger partial charge in [0.05, 0.1) is 10.7 Å². The largest absolute Gasteiger partial charge is 0.325 e. The van der Waals surface area contributed by atoms with Crippen molar-refractivity contribution >= 4 is 23.2 Å². The molecule has 0 aliphatic rings. The maximum Gasteiger partial charge on any atom is 0.225 e. The van der Waals surface area contributed by atoms with Gasteiger partial charge in [-0.1, -0.05) is 17.7 Å². The quantitative estimate of drug-likeness (QED) is 0.827. The van der Waals surface area contributed by atoms with E-state index < -0.39 is 0 Å². The van der Waals surface area contributed by atoms with Gasteiger partial charge in [-0.2, -0.15) is 0 Å². The molecule has 1 aromatic rings. The van der Waals surface area contributed by atoms with Gasteiger partial charge in [-0.25, -0.2) is 0 Å². The van der Waals surface area contributed by atoms with E-state index in [1.165, 1.54) is 0 Å². The van der Waals surface area contributed by atoms with Gasteiger partial charge in [0, 0.05) is 13.0 Å². The molecule has 0 spiro atoms. The van der Waals surface area contributed by atoms with Crippen LogP contribution < -0.4 is 10.6 Å². The van der Waals surface area contributed by atoms with Crippen molar-refractivity contribution in [2.24, 2.45) is 0 Å². The van der Waals surface area contributed by atoms with E-state index in [1.54, 1.807) is 0 Å². The minimum atomic E-state index is -0.0323. The Morgan fingerprint density at radius 1 is 1.47 bits per heavy atom. The smallest absolute Gasteiger partial charge is 0.225 e. The van der Waals surface area contributed by atoms with E-state index in [4.69, 9.17) is 11.6 Å². The van der Waals surface area contributed by atoms with E-state index in [0.29, 0.717) is 23.7 Å². The van der Waals surface area contributed by atoms with E-state index in [9.17, 15) is 4.79 Å². The van der Waals surface area contributed by atoms with Gasteiger partial charge in [0.2, 0.25) is 5.91 Å². The fourth-order valence-corrected chi connectivity index (χ4v) is 1.46. The second-order valence-corrected chi connectivity index (χ2v) is 3.79. The van der Waals surface area contributed by atoms with Crippen LogP contribution in [0, 0.1) is 6.92 Å². The molecule has 2 N–H and O–H groups in total. The van der Waals surface area contributed by atoms with Crippen LogP contribution in [-0.2, 0) is 4.79 Å². The summed E-state index contributed by atoms with van der Waals surface area (Å²) in [5, 5.41) is 6.25. The number of amides is 1. The van der Waals surface area contributed by atoms with Crippen molar-refractivity contribution in [1.82, 2.24) is 5.32 Å². The molecule has 0 aliphatic heterocycles. The molecule has 3 nitrogen and oxygen atoms in total. The zero-order valence-corrected chi connectivity index (χ0v) is 9.69. The number of halogens is 1. The summed E-state index contributed by atoms with van der Waals surface area (Å²) in [5.41, 5.74) is 1.75. The van der Waals surface area contributed by atoms with Gasteiger partial charge in [0.1, 0.15) is 0 Å². The van der Waals surface area contributed by atoms with Crippen LogP contribution >= 0.6 is 11.6 Å². The average Bonchev–Trinajstić information content (AvgIpc) is 2.19. The molecule has 15 heavy (non-hydrogen) atoms. The van der Waals surface area contributed by atoms with Crippen molar-refractivity contribution in [2.75, 3.05) is 18.9 Å². The summed E-state index contributed by atoms with van der Waals surface area (Å²) >= 11 is 5.98. The molecule has 1 aromatic carbocycles. The van der Waals surface area contributed by atoms with E-state index in [1.807, 2.05) is 32.2 Å². The molecule has 0 atom stereocenters. The number of carbonyl (C=O) groups is 1. The number of benzene rings is 1. The van der Waals surface area contributed by atoms with Crippen LogP contribution in [0.3, 0.4) is 0 Å². The monoisotopic (exact) mass is 226 g/mol. The van der Waals surface area contributed by atoms with Crippen LogP contribution in [0.5, 0.6) is 0 Å². The molecule has 0 radical (unpaired) electrons. The fourth-order valence-electron chi connectivity index (χ4n) is 1.17. The first kappa shape index (κ1) is 12.0. The highest BCUT2D eigenvalue weighted by Crippen LogP contribution is 2.22. The number of anilines is 1. The Hall–Kier alpha value is -1.06. The lowest BCUT2D eigenvalue weighted by atomic mass is 10.2. The average molecular weight is 227 g/mol. The molecule has 0 saturated carbocycles. The summed E-state index contributed by atoms with van der Waals surface area (Å²) < 4.78 is 0. The summed E-state index contributed by atoms with van der Waals surface area (Å²) in [6, 6.07) is 5.56. The van der Waals surface area contributed by atoms with Crippen molar-refractivity contribution in [2.45, 2.75) is 13.3 Å². The van der Waals surface area contributed by atoms with Crippen LogP contribution in [-0.4, -0.2) is 19.5 Å². The molecule has 0 bridgehead atoms. The molecule has 0 saturated heterocycles. The van der Waals surface area contributed by atoms with Gasteiger partial charge in [-0.3, -0.25) is 4.79 Å². The van der Waals surface area contributed by atoms with E-state index in [-0.39, 0.29) is 5.91 Å². The number of hydrogen-bond donors (Lipinski definition) is 2. The van der Waals surface area contributed by atoms with Gasteiger partial charge in [-0.05, 0) is 31.7 Å². The van der Waals surface area contributed by atoms with Gasteiger partial charge in [0.15, 0.2) is 0 Å². The van der Waals surface area contributed by atoms with Crippen molar-refractivity contribution in [3.63, 3.8) is 0 Å². The zero-order valence-electron chi connectivity index (χ0n) is 8.93. The van der Waals surface area contributed by atoms with Gasteiger partial charge < -0.3 is 10.6 Å². The van der Waals surface area contributed by atoms with Gasteiger partial charge in [0.25, 0.3) is 0 Å². The Morgan fingerprint density at radius 3 is 2.80 bits per heavy atom. The molecule has 0 aromatic heterocycles. The Kier molecular flexibility index (Phi) is 4.59. The van der Waals surface area contributed by atoms with E-state index >= 15 is 0 Å². The third kappa shape index (κ3) is 3.90. The Balaban J connectivity index is 2.60. The summed E-state index contributed by atoms with van der Waals surface area (Å²) in [7, 11) is 1.81. The number of carbonyl (C=O) groups excluding carboxylic acids is 1. The molecule has 4 heteroatoms. The minimum Gasteiger partial charge on any atom is -0.325 e. The molecule has 0 aliphatic carbocycles. The molecule has 0 fully saturated rings. The van der Waals surface area contributed by atoms with Crippen LogP contribution in [0.2, 0.25) is 5.02 Å². The van der Waals surface area contributed by atoms with Gasteiger partial charge >= 0.3 is 0 Å². The highest BCUT2D eigenvalue weighted by Gasteiger charge is 2.04. The summed E-state index contributed by atoms with van der Waals surface area (Å²) in [5.74, 6) is -0.0323. The first-order valence-corrected chi connectivity index (χ1v) is 5.22. The van der Waals surface area contributed by atoms with Crippen molar-refractivity contribution in [3.05, 3.63) is 28.8 Å². The third-order valence-corrected chi connectivity index (χ3v) is 2.31. The van der Waals surface area contributed by atoms with Gasteiger partial charge in [-0.15, -0.1) is 0 Å². The highest BCUT2D eigenvalue weighted by atomic mass is 35.5. The number of hydrogen-bond acceptors (Lipinski definition) is 2. The normalized spacial score (nSPS) is 10.1. The summed E-state index contributed by atoms with van der Waals surface area (Å²) in [4.78, 5) is 11.4. The molecule has 0 unspecified atom stereocenters. The Morgan fingerprint density at radius 2 is 2.20 bits per heavy atom. The Labute approximate surface area is 94.8 Å². The van der Waals surface area contributed by atoms with Crippen LogP contribution in [0.4, 0.5) is 5.69 Å². The van der Waals surface area contributed by atoms with Crippen molar-refractivity contribution in [1.29, 1.82) is 0 Å². The second kappa shape index (κ2) is 5.73. The lowest BCUT2D eigenvalue weighted by Crippen LogP contribution is -2.18. The zero-order chi connectivity index (χ0) is 11.3. The SMILES string of the molecule is CNCCC(=O)Nc1ccc(C)cc1Cl. The fraction of sp³-hybridized carbons (Fsp3) is 0.364. The maximum absolute atomic E-state index is 11.4. The lowest BCUT2D eigenvalue weighted by Gasteiger charge is -2.07. The van der Waals surface area contributed by atoms with Crippen LogP contribution in [0.1, 0.15) is 12.0 Å². The minimum absolute atomic E-state index is 0.0323. The molecule has 1 amide bonds. The number of rotatable bonds is 4. The number of aryl methyl sites for hydroxylation is 1. The van der Waals surface area contributed by atoms with Crippen LogP contribution in [0.15, 0.2) is 18.2 Å². The van der Waals surface area contributed by atoms with E-state index in [2.05, 4.69) is 10.6 Å². The molecular formula is C11H15ClN2O. The predicted octanol–water partition coefficient (Wildman–Crippen LogP) is 2.20. The van der Waals surface area contributed by atoms with E-state index in [0.717, 1.165) is 5.56 Å². The Bertz CT molecular complexity index is 352. The summed E-state index contributed by atoms with van der Waals surface area (Å²) in [6.45, 7) is 2.62. The first-order chi connectivity index (χ1) is 7.13. The van der Waals surface area contributed by atoms with Crippen molar-refractivity contribution in [3.8, 4) is 0 Å². The third-order valence-electron chi connectivity index (χ3n) is 2.00. The first-order valence-electron chi connectivity index (χ1n) is 4.84. The molecule has 0 heterocycles. The van der Waals surface area contributed by atoms with Crippen LogP contribution in [0.25, 0.3) is 0 Å². The van der Waals surface area contributed by atoms with Crippen molar-refractivity contribution < 1.29 is 4.79 Å². The number of nitrogens with one attached hydrogen (secondary N) is 2.